The Labute approximate surface area is 145 Å². The van der Waals surface area contributed by atoms with Gasteiger partial charge in [0, 0.05) is 37.6 Å². The van der Waals surface area contributed by atoms with Crippen molar-refractivity contribution >= 4 is 5.95 Å². The molecule has 0 aliphatic heterocycles. The van der Waals surface area contributed by atoms with E-state index in [0.717, 1.165) is 16.7 Å². The molecule has 2 heterocycles. The summed E-state index contributed by atoms with van der Waals surface area (Å²) in [5.41, 5.74) is 3.85. The van der Waals surface area contributed by atoms with Crippen LogP contribution in [0.1, 0.15) is 5.56 Å². The van der Waals surface area contributed by atoms with Gasteiger partial charge < -0.3 is 10.0 Å². The van der Waals surface area contributed by atoms with Crippen LogP contribution in [0, 0.1) is 18.3 Å². The van der Waals surface area contributed by atoms with E-state index >= 15 is 0 Å². The van der Waals surface area contributed by atoms with E-state index in [0.29, 0.717) is 17.3 Å². The highest BCUT2D eigenvalue weighted by Gasteiger charge is 2.16. The van der Waals surface area contributed by atoms with E-state index < -0.39 is 0 Å². The maximum atomic E-state index is 9.92. The highest BCUT2D eigenvalue weighted by molar-refractivity contribution is 5.79. The lowest BCUT2D eigenvalue weighted by Crippen LogP contribution is -2.12. The van der Waals surface area contributed by atoms with E-state index in [4.69, 9.17) is 5.26 Å². The minimum atomic E-state index is 0.135. The van der Waals surface area contributed by atoms with Crippen molar-refractivity contribution < 1.29 is 5.11 Å². The van der Waals surface area contributed by atoms with Gasteiger partial charge in [-0.15, -0.1) is 0 Å². The third-order valence-electron chi connectivity index (χ3n) is 3.65. The van der Waals surface area contributed by atoms with Crippen molar-refractivity contribution in [3.63, 3.8) is 0 Å². The summed E-state index contributed by atoms with van der Waals surface area (Å²) in [4.78, 5) is 10.6. The number of phenolic OH excluding ortho intramolecular Hbond substituents is 1. The van der Waals surface area contributed by atoms with Gasteiger partial charge in [-0.05, 0) is 36.8 Å². The van der Waals surface area contributed by atoms with Gasteiger partial charge in [-0.1, -0.05) is 0 Å². The Morgan fingerprint density at radius 3 is 2.76 bits per heavy atom. The minimum absolute atomic E-state index is 0.135. The smallest absolute Gasteiger partial charge is 0.225 e. The van der Waals surface area contributed by atoms with Gasteiger partial charge >= 0.3 is 0 Å². The third-order valence-corrected chi connectivity index (χ3v) is 3.65. The first-order valence-corrected chi connectivity index (χ1v) is 7.74. The van der Waals surface area contributed by atoms with E-state index in [2.05, 4.69) is 21.1 Å². The fraction of sp³-hybridized carbons (Fsp3) is 0.222. The Balaban J connectivity index is 2.19. The quantitative estimate of drug-likeness (QED) is 0.788. The number of anilines is 1. The number of hydrogen-bond acceptors (Lipinski definition) is 6. The van der Waals surface area contributed by atoms with Crippen LogP contribution in [0.4, 0.5) is 5.95 Å². The van der Waals surface area contributed by atoms with Crippen molar-refractivity contribution in [3.8, 4) is 34.3 Å². The second-order valence-corrected chi connectivity index (χ2v) is 5.94. The van der Waals surface area contributed by atoms with Crippen LogP contribution in [0.5, 0.6) is 5.75 Å². The number of phenols is 1. The van der Waals surface area contributed by atoms with Crippen molar-refractivity contribution in [2.24, 2.45) is 0 Å². The van der Waals surface area contributed by atoms with Gasteiger partial charge in [0.05, 0.1) is 11.8 Å². The molecule has 7 heteroatoms. The zero-order valence-corrected chi connectivity index (χ0v) is 14.3. The second-order valence-electron chi connectivity index (χ2n) is 5.94. The van der Waals surface area contributed by atoms with Crippen molar-refractivity contribution in [2.45, 2.75) is 13.5 Å². The van der Waals surface area contributed by atoms with E-state index in [1.165, 1.54) is 0 Å². The zero-order chi connectivity index (χ0) is 18.0. The molecule has 0 spiro atoms. The predicted octanol–water partition coefficient (Wildman–Crippen LogP) is 2.61. The average Bonchev–Trinajstić information content (AvgIpc) is 2.98. The first-order valence-electron chi connectivity index (χ1n) is 7.74. The first-order chi connectivity index (χ1) is 12.0. The molecule has 1 aromatic carbocycles. The van der Waals surface area contributed by atoms with Crippen LogP contribution in [0.15, 0.2) is 36.7 Å². The topological polar surface area (TPSA) is 90.9 Å². The van der Waals surface area contributed by atoms with E-state index in [1.807, 2.05) is 32.0 Å². The van der Waals surface area contributed by atoms with Crippen LogP contribution in [0.3, 0.4) is 0 Å². The number of aromatic hydroxyl groups is 1. The molecule has 1 N–H and O–H groups in total. The normalized spacial score (nSPS) is 10.5. The lowest BCUT2D eigenvalue weighted by molar-refractivity contribution is 0.475. The van der Waals surface area contributed by atoms with Crippen molar-refractivity contribution in [2.75, 3.05) is 19.0 Å². The minimum Gasteiger partial charge on any atom is -0.508 e. The standard InChI is InChI=1S/C18H18N6O/c1-12-8-13(10-14(25)9-12)17-15(11-24(22-17)7-5-19)16-4-6-20-18(21-16)23(2)3/h4,6,8-11,25H,7H2,1-3H3. The highest BCUT2D eigenvalue weighted by Crippen LogP contribution is 2.32. The largest absolute Gasteiger partial charge is 0.508 e. The number of aryl methyl sites for hydroxylation is 1. The molecule has 0 amide bonds. The molecule has 126 valence electrons. The number of aromatic nitrogens is 4. The van der Waals surface area contributed by atoms with Crippen LogP contribution in [0.25, 0.3) is 22.5 Å². The molecule has 2 aromatic heterocycles. The molecule has 0 unspecified atom stereocenters. The summed E-state index contributed by atoms with van der Waals surface area (Å²) in [5.74, 6) is 0.760. The van der Waals surface area contributed by atoms with E-state index in [-0.39, 0.29) is 12.3 Å². The van der Waals surface area contributed by atoms with Crippen LogP contribution in [-0.4, -0.2) is 39.0 Å². The number of rotatable bonds is 4. The summed E-state index contributed by atoms with van der Waals surface area (Å²) in [6.07, 6.45) is 3.48. The predicted molar refractivity (Wildman–Crippen MR) is 95.0 cm³/mol. The average molecular weight is 334 g/mol. The second kappa shape index (κ2) is 6.61. The summed E-state index contributed by atoms with van der Waals surface area (Å²) in [7, 11) is 3.75. The molecule has 7 nitrogen and oxygen atoms in total. The van der Waals surface area contributed by atoms with Gasteiger partial charge in [-0.2, -0.15) is 10.4 Å². The van der Waals surface area contributed by atoms with E-state index in [9.17, 15) is 5.11 Å². The maximum Gasteiger partial charge on any atom is 0.225 e. The third kappa shape index (κ3) is 3.43. The SMILES string of the molecule is Cc1cc(O)cc(-c2nn(CC#N)cc2-c2ccnc(N(C)C)n2)c1. The molecule has 25 heavy (non-hydrogen) atoms. The Morgan fingerprint density at radius 1 is 1.28 bits per heavy atom. The monoisotopic (exact) mass is 334 g/mol. The maximum absolute atomic E-state index is 9.92. The Morgan fingerprint density at radius 2 is 2.08 bits per heavy atom. The highest BCUT2D eigenvalue weighted by atomic mass is 16.3. The number of hydrogen-bond donors (Lipinski definition) is 1. The molecule has 0 aliphatic carbocycles. The molecule has 3 aromatic rings. The molecule has 3 rings (SSSR count). The fourth-order valence-corrected chi connectivity index (χ4v) is 2.59. The zero-order valence-electron chi connectivity index (χ0n) is 14.3. The molecule has 0 fully saturated rings. The summed E-state index contributed by atoms with van der Waals surface area (Å²) in [6.45, 7) is 2.04. The molecule has 0 aliphatic rings. The Kier molecular flexibility index (Phi) is 4.35. The Hall–Kier alpha value is -3.40. The summed E-state index contributed by atoms with van der Waals surface area (Å²) in [5, 5.41) is 23.4. The van der Waals surface area contributed by atoms with Crippen LogP contribution in [0.2, 0.25) is 0 Å². The number of nitrogens with zero attached hydrogens (tertiary/aromatic N) is 6. The fourth-order valence-electron chi connectivity index (χ4n) is 2.59. The van der Waals surface area contributed by atoms with Crippen LogP contribution < -0.4 is 4.90 Å². The van der Waals surface area contributed by atoms with Crippen molar-refractivity contribution in [1.82, 2.24) is 19.7 Å². The summed E-state index contributed by atoms with van der Waals surface area (Å²) < 4.78 is 1.57. The molecule has 0 radical (unpaired) electrons. The van der Waals surface area contributed by atoms with Gasteiger partial charge in [0.1, 0.15) is 18.0 Å². The summed E-state index contributed by atoms with van der Waals surface area (Å²) in [6, 6.07) is 9.18. The lowest BCUT2D eigenvalue weighted by Gasteiger charge is -2.11. The van der Waals surface area contributed by atoms with Gasteiger partial charge in [0.25, 0.3) is 0 Å². The molecular weight excluding hydrogens is 316 g/mol. The van der Waals surface area contributed by atoms with Crippen LogP contribution >= 0.6 is 0 Å². The Bertz CT molecular complexity index is 934. The molecular formula is C18H18N6O. The summed E-state index contributed by atoms with van der Waals surface area (Å²) >= 11 is 0. The van der Waals surface area contributed by atoms with E-state index in [1.54, 1.807) is 35.3 Å². The molecule has 0 bridgehead atoms. The van der Waals surface area contributed by atoms with Crippen molar-refractivity contribution in [3.05, 3.63) is 42.2 Å². The van der Waals surface area contributed by atoms with Gasteiger partial charge in [0.15, 0.2) is 0 Å². The van der Waals surface area contributed by atoms with Crippen molar-refractivity contribution in [1.29, 1.82) is 5.26 Å². The number of nitriles is 1. The van der Waals surface area contributed by atoms with Crippen LogP contribution in [-0.2, 0) is 6.54 Å². The molecule has 0 saturated heterocycles. The van der Waals surface area contributed by atoms with Gasteiger partial charge in [-0.3, -0.25) is 4.68 Å². The van der Waals surface area contributed by atoms with Gasteiger partial charge in [-0.25, -0.2) is 9.97 Å². The lowest BCUT2D eigenvalue weighted by atomic mass is 10.0. The number of benzene rings is 1. The van der Waals surface area contributed by atoms with Gasteiger partial charge in [0.2, 0.25) is 5.95 Å². The molecule has 0 atom stereocenters. The first kappa shape index (κ1) is 16.5. The molecule has 0 saturated carbocycles.